The van der Waals surface area contributed by atoms with E-state index in [9.17, 15) is 30.0 Å². The van der Waals surface area contributed by atoms with Gasteiger partial charge >= 0.3 is 11.9 Å². The highest BCUT2D eigenvalue weighted by Crippen LogP contribution is 2.22. The summed E-state index contributed by atoms with van der Waals surface area (Å²) in [7, 11) is 0. The zero-order valence-electron chi connectivity index (χ0n) is 33.9. The summed E-state index contributed by atoms with van der Waals surface area (Å²) < 4.78 is 22.0. The summed E-state index contributed by atoms with van der Waals surface area (Å²) in [6.45, 7) is 3.20. The van der Waals surface area contributed by atoms with E-state index < -0.39 is 55.4 Å². The molecule has 0 aromatic rings. The molecule has 0 aromatic heterocycles. The molecule has 55 heavy (non-hydrogen) atoms. The number of unbranched alkanes of at least 4 members (excludes halogenated alkanes) is 10. The smallest absolute Gasteiger partial charge is 0.306 e. The second-order valence-electron chi connectivity index (χ2n) is 14.1. The fourth-order valence-electron chi connectivity index (χ4n) is 5.75. The standard InChI is InChI=1S/C45H74O10/c1-3-5-7-9-11-13-15-17-18-19-20-22-23-25-27-29-31-33-40(47)52-36-38(37-53-45-44(51)43(50)42(49)39(35-46)55-45)54-41(48)34-32-30-28-26-24-21-16-14-12-10-8-6-4-2/h5,7,11,13,17-18,20-22,24-25,27,38-39,42-46,49-51H,3-4,6,8-10,12,14-16,19,23,26,28-37H2,1-2H3/b7-5+,13-11+,18-17+,22-20+,24-21+,27-25+/t38-,39-,42+,43?,44?,45-/m0/s1. The third-order valence-electron chi connectivity index (χ3n) is 9.08. The normalized spacial score (nSPS) is 21.3. The van der Waals surface area contributed by atoms with Gasteiger partial charge in [0.25, 0.3) is 0 Å². The Morgan fingerprint density at radius 2 is 1.09 bits per heavy atom. The minimum absolute atomic E-state index is 0.190. The first-order valence-corrected chi connectivity index (χ1v) is 21.0. The maximum atomic E-state index is 12.7. The van der Waals surface area contributed by atoms with Crippen molar-refractivity contribution < 1.29 is 49.0 Å². The molecule has 0 aromatic carbocycles. The number of esters is 2. The molecular weight excluding hydrogens is 700 g/mol. The van der Waals surface area contributed by atoms with Crippen molar-refractivity contribution in [2.75, 3.05) is 19.8 Å². The second-order valence-corrected chi connectivity index (χ2v) is 14.1. The van der Waals surface area contributed by atoms with Crippen molar-refractivity contribution in [1.82, 2.24) is 0 Å². The molecular formula is C45H74O10. The third-order valence-corrected chi connectivity index (χ3v) is 9.08. The van der Waals surface area contributed by atoms with Crippen LogP contribution in [-0.4, -0.2) is 89.0 Å². The Bertz CT molecular complexity index is 1120. The van der Waals surface area contributed by atoms with Gasteiger partial charge in [-0.2, -0.15) is 0 Å². The van der Waals surface area contributed by atoms with Crippen LogP contribution in [0.2, 0.25) is 0 Å². The lowest BCUT2D eigenvalue weighted by molar-refractivity contribution is -0.305. The number of hydrogen-bond acceptors (Lipinski definition) is 10. The van der Waals surface area contributed by atoms with Crippen molar-refractivity contribution in [3.8, 4) is 0 Å². The van der Waals surface area contributed by atoms with Gasteiger partial charge in [-0.15, -0.1) is 0 Å². The Morgan fingerprint density at radius 1 is 0.582 bits per heavy atom. The predicted octanol–water partition coefficient (Wildman–Crippen LogP) is 8.44. The fourth-order valence-corrected chi connectivity index (χ4v) is 5.75. The Kier molecular flexibility index (Phi) is 32.4. The van der Waals surface area contributed by atoms with Crippen molar-refractivity contribution in [3.63, 3.8) is 0 Å². The summed E-state index contributed by atoms with van der Waals surface area (Å²) >= 11 is 0. The first-order valence-electron chi connectivity index (χ1n) is 21.0. The van der Waals surface area contributed by atoms with Crippen LogP contribution in [-0.2, 0) is 28.5 Å². The first-order chi connectivity index (χ1) is 26.8. The lowest BCUT2D eigenvalue weighted by atomic mass is 9.99. The number of allylic oxidation sites excluding steroid dienone is 12. The number of aliphatic hydroxyl groups excluding tert-OH is 4. The molecule has 0 aliphatic carbocycles. The molecule has 1 aliphatic rings. The van der Waals surface area contributed by atoms with E-state index in [1.54, 1.807) is 0 Å². The van der Waals surface area contributed by atoms with Gasteiger partial charge in [0.05, 0.1) is 13.2 Å². The van der Waals surface area contributed by atoms with Crippen molar-refractivity contribution in [2.45, 2.75) is 179 Å². The summed E-state index contributed by atoms with van der Waals surface area (Å²) in [5.41, 5.74) is 0. The second kappa shape index (κ2) is 35.5. The van der Waals surface area contributed by atoms with E-state index in [1.165, 1.54) is 38.5 Å². The first kappa shape index (κ1) is 50.2. The zero-order chi connectivity index (χ0) is 40.2. The lowest BCUT2D eigenvalue weighted by Crippen LogP contribution is -2.59. The highest BCUT2D eigenvalue weighted by atomic mass is 16.7. The average molecular weight is 775 g/mol. The third kappa shape index (κ3) is 27.4. The molecule has 1 saturated heterocycles. The van der Waals surface area contributed by atoms with Gasteiger partial charge in [-0.3, -0.25) is 9.59 Å². The van der Waals surface area contributed by atoms with E-state index in [0.29, 0.717) is 12.8 Å². The highest BCUT2D eigenvalue weighted by Gasteiger charge is 2.44. The maximum Gasteiger partial charge on any atom is 0.306 e. The van der Waals surface area contributed by atoms with Gasteiger partial charge in [0, 0.05) is 12.8 Å². The number of ether oxygens (including phenoxy) is 4. The maximum absolute atomic E-state index is 12.7. The van der Waals surface area contributed by atoms with Gasteiger partial charge in [0.15, 0.2) is 12.4 Å². The SMILES string of the molecule is CC/C=C/C/C=C/C/C=C/C/C=C/C/C=C/CCCC(=O)OC[C@@H](CO[C@H]1O[C@@H](CO)[C@@H](O)C(O)C1O)OC(=O)CCCCC/C=C/CCCCCCCC. The molecule has 10 heteroatoms. The Hall–Kier alpha value is -2.86. The molecule has 4 N–H and O–H groups in total. The highest BCUT2D eigenvalue weighted by molar-refractivity contribution is 5.70. The van der Waals surface area contributed by atoms with Crippen LogP contribution in [0.5, 0.6) is 0 Å². The Labute approximate surface area is 332 Å². The van der Waals surface area contributed by atoms with Crippen LogP contribution in [0.1, 0.15) is 142 Å². The van der Waals surface area contributed by atoms with Gasteiger partial charge in [0.2, 0.25) is 0 Å². The van der Waals surface area contributed by atoms with Crippen molar-refractivity contribution in [3.05, 3.63) is 72.9 Å². The van der Waals surface area contributed by atoms with Gasteiger partial charge in [0.1, 0.15) is 31.0 Å². The van der Waals surface area contributed by atoms with E-state index >= 15 is 0 Å². The van der Waals surface area contributed by atoms with E-state index in [0.717, 1.165) is 64.2 Å². The lowest BCUT2D eigenvalue weighted by Gasteiger charge is -2.39. The van der Waals surface area contributed by atoms with Crippen LogP contribution < -0.4 is 0 Å². The topological polar surface area (TPSA) is 152 Å². The minimum Gasteiger partial charge on any atom is -0.462 e. The number of carbonyl (C=O) groups is 2. The summed E-state index contributed by atoms with van der Waals surface area (Å²) in [5, 5.41) is 40.0. The van der Waals surface area contributed by atoms with Gasteiger partial charge in [-0.1, -0.05) is 125 Å². The van der Waals surface area contributed by atoms with E-state index in [-0.39, 0.29) is 26.1 Å². The quantitative estimate of drug-likeness (QED) is 0.0291. The van der Waals surface area contributed by atoms with Crippen molar-refractivity contribution in [2.24, 2.45) is 0 Å². The molecule has 0 bridgehead atoms. The molecule has 2 unspecified atom stereocenters. The molecule has 314 valence electrons. The van der Waals surface area contributed by atoms with Gasteiger partial charge in [-0.25, -0.2) is 0 Å². The van der Waals surface area contributed by atoms with Crippen LogP contribution in [0.25, 0.3) is 0 Å². The zero-order valence-corrected chi connectivity index (χ0v) is 33.9. The molecule has 10 nitrogen and oxygen atoms in total. The fraction of sp³-hybridized carbons (Fsp3) is 0.689. The molecule has 6 atom stereocenters. The number of rotatable bonds is 33. The molecule has 1 heterocycles. The van der Waals surface area contributed by atoms with Crippen LogP contribution in [0.3, 0.4) is 0 Å². The number of carbonyl (C=O) groups excluding carboxylic acids is 2. The predicted molar refractivity (Wildman–Crippen MR) is 219 cm³/mol. The number of hydrogen-bond donors (Lipinski definition) is 4. The number of aliphatic hydroxyl groups is 4. The minimum atomic E-state index is -1.61. The van der Waals surface area contributed by atoms with E-state index in [1.807, 2.05) is 6.08 Å². The van der Waals surface area contributed by atoms with E-state index in [4.69, 9.17) is 18.9 Å². The van der Waals surface area contributed by atoms with Crippen LogP contribution >= 0.6 is 0 Å². The summed E-state index contributed by atoms with van der Waals surface area (Å²) in [6, 6.07) is 0. The average Bonchev–Trinajstić information content (AvgIpc) is 3.18. The molecule has 0 spiro atoms. The van der Waals surface area contributed by atoms with Gasteiger partial charge in [-0.05, 0) is 77.0 Å². The van der Waals surface area contributed by atoms with Crippen LogP contribution in [0.15, 0.2) is 72.9 Å². The molecule has 1 rings (SSSR count). The molecule has 1 fully saturated rings. The molecule has 1 aliphatic heterocycles. The summed E-state index contributed by atoms with van der Waals surface area (Å²) in [6.07, 6.45) is 36.3. The Morgan fingerprint density at radius 3 is 1.69 bits per heavy atom. The summed E-state index contributed by atoms with van der Waals surface area (Å²) in [5.74, 6) is -0.902. The largest absolute Gasteiger partial charge is 0.462 e. The summed E-state index contributed by atoms with van der Waals surface area (Å²) in [4.78, 5) is 25.2. The monoisotopic (exact) mass is 775 g/mol. The van der Waals surface area contributed by atoms with Crippen LogP contribution in [0.4, 0.5) is 0 Å². The van der Waals surface area contributed by atoms with Gasteiger partial charge < -0.3 is 39.4 Å². The van der Waals surface area contributed by atoms with Crippen LogP contribution in [0, 0.1) is 0 Å². The van der Waals surface area contributed by atoms with Crippen molar-refractivity contribution >= 4 is 11.9 Å². The molecule has 0 radical (unpaired) electrons. The Balaban J connectivity index is 2.42. The van der Waals surface area contributed by atoms with Crippen molar-refractivity contribution in [1.29, 1.82) is 0 Å². The molecule has 0 saturated carbocycles. The van der Waals surface area contributed by atoms with E-state index in [2.05, 4.69) is 80.7 Å². The molecule has 0 amide bonds.